The number of hydrogen-bond donors (Lipinski definition) is 1. The Hall–Kier alpha value is -1.95. The monoisotopic (exact) mass is 421 g/mol. The maximum atomic E-state index is 12.8. The molecule has 0 saturated carbocycles. The number of rotatable bonds is 3. The Kier molecular flexibility index (Phi) is 4.96. The number of aromatic nitrogens is 2. The number of nitrogens with zero attached hydrogens (tertiary/aromatic N) is 2. The van der Waals surface area contributed by atoms with Gasteiger partial charge in [0.1, 0.15) is 10.0 Å². The first-order valence-electron chi connectivity index (χ1n) is 6.64. The third-order valence-electron chi connectivity index (χ3n) is 3.21. The molecule has 2 aromatic rings. The highest BCUT2D eigenvalue weighted by Crippen LogP contribution is 2.38. The van der Waals surface area contributed by atoms with Crippen molar-refractivity contribution in [2.45, 2.75) is 24.2 Å². The molecule has 0 bridgehead atoms. The lowest BCUT2D eigenvalue weighted by Crippen LogP contribution is -2.17. The second-order valence-electron chi connectivity index (χ2n) is 5.23. The molecule has 144 valence electrons. The van der Waals surface area contributed by atoms with Crippen LogP contribution in [0.1, 0.15) is 16.8 Å². The van der Waals surface area contributed by atoms with Gasteiger partial charge in [0, 0.05) is 7.05 Å². The van der Waals surface area contributed by atoms with Gasteiger partial charge in [0.05, 0.1) is 22.5 Å². The first-order valence-corrected chi connectivity index (χ1v) is 8.50. The maximum Gasteiger partial charge on any atom is 0.416 e. The van der Waals surface area contributed by atoms with Gasteiger partial charge in [0.25, 0.3) is 10.0 Å². The van der Waals surface area contributed by atoms with Crippen molar-refractivity contribution in [1.82, 2.24) is 9.78 Å². The minimum atomic E-state index is -5.11. The molecule has 0 saturated heterocycles. The average molecular weight is 422 g/mol. The van der Waals surface area contributed by atoms with Crippen molar-refractivity contribution in [3.8, 4) is 0 Å². The van der Waals surface area contributed by atoms with Crippen LogP contribution in [0.2, 0.25) is 5.15 Å². The zero-order valence-electron chi connectivity index (χ0n) is 13.0. The molecule has 0 spiro atoms. The zero-order valence-corrected chi connectivity index (χ0v) is 14.6. The Morgan fingerprint density at radius 1 is 1.04 bits per heavy atom. The van der Waals surface area contributed by atoms with Crippen molar-refractivity contribution in [3.63, 3.8) is 0 Å². The molecular formula is C13H10ClF6N3O2S. The molecule has 0 aliphatic carbocycles. The molecule has 2 rings (SSSR count). The van der Waals surface area contributed by atoms with E-state index in [-0.39, 0.29) is 29.0 Å². The Morgan fingerprint density at radius 2 is 1.50 bits per heavy atom. The normalized spacial score (nSPS) is 13.1. The maximum absolute atomic E-state index is 12.8. The Morgan fingerprint density at radius 3 is 1.85 bits per heavy atom. The topological polar surface area (TPSA) is 64.0 Å². The summed E-state index contributed by atoms with van der Waals surface area (Å²) in [5.41, 5.74) is -4.29. The predicted octanol–water partition coefficient (Wildman–Crippen LogP) is 4.22. The van der Waals surface area contributed by atoms with Crippen LogP contribution < -0.4 is 4.72 Å². The molecule has 0 amide bonds. The second kappa shape index (κ2) is 6.34. The number of benzene rings is 1. The molecule has 26 heavy (non-hydrogen) atoms. The lowest BCUT2D eigenvalue weighted by molar-refractivity contribution is -0.143. The lowest BCUT2D eigenvalue weighted by Gasteiger charge is -2.15. The number of nitrogens with one attached hydrogen (secondary N) is 1. The van der Waals surface area contributed by atoms with Crippen LogP contribution in [0.5, 0.6) is 0 Å². The number of alkyl halides is 6. The molecule has 0 aliphatic heterocycles. The SMILES string of the molecule is Cc1nn(C)c(Cl)c1S(=O)(=O)Nc1cc(C(F)(F)F)cc(C(F)(F)F)c1. The standard InChI is InChI=1S/C13H10ClF6N3O2S/c1-6-10(11(14)23(2)21-6)26(24,25)22-9-4-7(12(15,16)17)3-8(5-9)13(18,19)20/h3-5,22H,1-2H3. The largest absolute Gasteiger partial charge is 0.416 e. The fourth-order valence-corrected chi connectivity index (χ4v) is 3.93. The Bertz CT molecular complexity index is 918. The molecular weight excluding hydrogens is 412 g/mol. The third kappa shape index (κ3) is 4.06. The summed E-state index contributed by atoms with van der Waals surface area (Å²) in [5.74, 6) is 0. The fourth-order valence-electron chi connectivity index (χ4n) is 2.14. The van der Waals surface area contributed by atoms with Crippen molar-refractivity contribution in [1.29, 1.82) is 0 Å². The molecule has 1 aromatic carbocycles. The summed E-state index contributed by atoms with van der Waals surface area (Å²) in [4.78, 5) is -0.548. The quantitative estimate of drug-likeness (QED) is 0.755. The van der Waals surface area contributed by atoms with Crippen LogP contribution in [0, 0.1) is 6.92 Å². The lowest BCUT2D eigenvalue weighted by atomic mass is 10.1. The van der Waals surface area contributed by atoms with Gasteiger partial charge in [0.15, 0.2) is 0 Å². The summed E-state index contributed by atoms with van der Waals surface area (Å²) in [6.45, 7) is 1.27. The smallest absolute Gasteiger partial charge is 0.279 e. The number of hydrogen-bond acceptors (Lipinski definition) is 3. The molecule has 0 atom stereocenters. The number of anilines is 1. The highest BCUT2D eigenvalue weighted by Gasteiger charge is 2.37. The summed E-state index contributed by atoms with van der Waals surface area (Å²) >= 11 is 5.79. The van der Waals surface area contributed by atoms with Gasteiger partial charge >= 0.3 is 12.4 Å². The van der Waals surface area contributed by atoms with Crippen LogP contribution in [-0.2, 0) is 29.4 Å². The van der Waals surface area contributed by atoms with E-state index in [0.717, 1.165) is 4.68 Å². The van der Waals surface area contributed by atoms with Crippen molar-refractivity contribution in [2.75, 3.05) is 4.72 Å². The fraction of sp³-hybridized carbons (Fsp3) is 0.308. The van der Waals surface area contributed by atoms with Gasteiger partial charge in [-0.1, -0.05) is 11.6 Å². The predicted molar refractivity (Wildman–Crippen MR) is 80.2 cm³/mol. The van der Waals surface area contributed by atoms with Crippen LogP contribution >= 0.6 is 11.6 Å². The van der Waals surface area contributed by atoms with E-state index in [1.807, 2.05) is 0 Å². The Labute approximate surface area is 148 Å². The van der Waals surface area contributed by atoms with Gasteiger partial charge in [-0.25, -0.2) is 8.42 Å². The summed E-state index contributed by atoms with van der Waals surface area (Å²) in [5, 5.41) is 3.39. The molecule has 13 heteroatoms. The van der Waals surface area contributed by atoms with Crippen molar-refractivity contribution < 1.29 is 34.8 Å². The van der Waals surface area contributed by atoms with E-state index in [4.69, 9.17) is 11.6 Å². The van der Waals surface area contributed by atoms with Crippen molar-refractivity contribution in [2.24, 2.45) is 7.05 Å². The van der Waals surface area contributed by atoms with Crippen LogP contribution in [0.25, 0.3) is 0 Å². The summed E-state index contributed by atoms with van der Waals surface area (Å²) in [6.07, 6.45) is -10.2. The zero-order chi connectivity index (χ0) is 20.1. The summed E-state index contributed by atoms with van der Waals surface area (Å²) < 4.78 is 104. The van der Waals surface area contributed by atoms with E-state index in [9.17, 15) is 34.8 Å². The van der Waals surface area contributed by atoms with Crippen LogP contribution in [-0.4, -0.2) is 18.2 Å². The van der Waals surface area contributed by atoms with Gasteiger partial charge < -0.3 is 0 Å². The first-order chi connectivity index (χ1) is 11.6. The van der Waals surface area contributed by atoms with Crippen LogP contribution in [0.4, 0.5) is 32.0 Å². The van der Waals surface area contributed by atoms with E-state index in [0.29, 0.717) is 0 Å². The second-order valence-corrected chi connectivity index (χ2v) is 7.21. The van der Waals surface area contributed by atoms with E-state index in [1.54, 1.807) is 4.72 Å². The van der Waals surface area contributed by atoms with E-state index >= 15 is 0 Å². The first kappa shape index (κ1) is 20.4. The molecule has 1 heterocycles. The van der Waals surface area contributed by atoms with Gasteiger partial charge in [-0.2, -0.15) is 31.4 Å². The molecule has 0 radical (unpaired) electrons. The molecule has 1 N–H and O–H groups in total. The molecule has 5 nitrogen and oxygen atoms in total. The minimum Gasteiger partial charge on any atom is -0.279 e. The highest BCUT2D eigenvalue weighted by atomic mass is 35.5. The van der Waals surface area contributed by atoms with E-state index in [1.165, 1.54) is 14.0 Å². The average Bonchev–Trinajstić information content (AvgIpc) is 2.69. The number of aryl methyl sites for hydroxylation is 2. The van der Waals surface area contributed by atoms with Crippen LogP contribution in [0.15, 0.2) is 23.1 Å². The van der Waals surface area contributed by atoms with Gasteiger partial charge in [0.2, 0.25) is 0 Å². The third-order valence-corrected chi connectivity index (χ3v) is 5.29. The number of sulfonamides is 1. The van der Waals surface area contributed by atoms with Crippen molar-refractivity contribution in [3.05, 3.63) is 40.2 Å². The van der Waals surface area contributed by atoms with Gasteiger partial charge in [-0.3, -0.25) is 9.40 Å². The molecule has 0 fully saturated rings. The summed E-state index contributed by atoms with van der Waals surface area (Å²) in [7, 11) is -3.26. The van der Waals surface area contributed by atoms with Gasteiger partial charge in [-0.15, -0.1) is 0 Å². The summed E-state index contributed by atoms with van der Waals surface area (Å²) in [6, 6.07) is 0.402. The van der Waals surface area contributed by atoms with E-state index < -0.39 is 44.1 Å². The highest BCUT2D eigenvalue weighted by molar-refractivity contribution is 7.92. The Balaban J connectivity index is 2.58. The minimum absolute atomic E-state index is 0.0759. The number of halogens is 7. The van der Waals surface area contributed by atoms with Gasteiger partial charge in [-0.05, 0) is 25.1 Å². The van der Waals surface area contributed by atoms with Crippen LogP contribution in [0.3, 0.4) is 0 Å². The molecule has 1 aromatic heterocycles. The molecule has 0 aliphatic rings. The van der Waals surface area contributed by atoms with Crippen molar-refractivity contribution >= 4 is 27.3 Å². The van der Waals surface area contributed by atoms with E-state index in [2.05, 4.69) is 5.10 Å². The molecule has 0 unspecified atom stereocenters.